The van der Waals surface area contributed by atoms with Crippen LogP contribution in [0.25, 0.3) is 5.65 Å². The molecule has 0 unspecified atom stereocenters. The van der Waals surface area contributed by atoms with Crippen LogP contribution in [0.3, 0.4) is 0 Å². The van der Waals surface area contributed by atoms with Crippen molar-refractivity contribution in [3.8, 4) is 0 Å². The SMILES string of the molecule is Cc1nc2cc([C@H]3CCCCN3C(=O)C3CCC3)nn2c(C)c1CCC(=O)NC(C)(C)C. The van der Waals surface area contributed by atoms with E-state index in [1.54, 1.807) is 0 Å². The molecule has 0 spiro atoms. The number of carbonyl (C=O) groups excluding carboxylic acids is 2. The second kappa shape index (κ2) is 8.83. The van der Waals surface area contributed by atoms with Crippen LogP contribution in [0, 0.1) is 19.8 Å². The summed E-state index contributed by atoms with van der Waals surface area (Å²) in [5.74, 6) is 0.565. The number of piperidine rings is 1. The topological polar surface area (TPSA) is 79.6 Å². The van der Waals surface area contributed by atoms with E-state index < -0.39 is 0 Å². The maximum atomic E-state index is 13.0. The number of likely N-dealkylation sites (tertiary alicyclic amines) is 1. The van der Waals surface area contributed by atoms with Gasteiger partial charge in [-0.2, -0.15) is 5.10 Å². The van der Waals surface area contributed by atoms with Crippen molar-refractivity contribution in [2.45, 2.75) is 97.6 Å². The van der Waals surface area contributed by atoms with Crippen molar-refractivity contribution in [1.82, 2.24) is 24.8 Å². The number of hydrogen-bond donors (Lipinski definition) is 1. The summed E-state index contributed by atoms with van der Waals surface area (Å²) in [5.41, 5.74) is 4.56. The van der Waals surface area contributed by atoms with Gasteiger partial charge in [-0.25, -0.2) is 9.50 Å². The van der Waals surface area contributed by atoms with Gasteiger partial charge in [0.15, 0.2) is 5.65 Å². The summed E-state index contributed by atoms with van der Waals surface area (Å²) in [6, 6.07) is 2.09. The van der Waals surface area contributed by atoms with E-state index in [0.717, 1.165) is 66.9 Å². The van der Waals surface area contributed by atoms with E-state index in [1.807, 2.05) is 45.2 Å². The lowest BCUT2D eigenvalue weighted by atomic mass is 9.83. The molecule has 2 aromatic rings. The molecule has 1 aliphatic heterocycles. The molecule has 1 aliphatic carbocycles. The lowest BCUT2D eigenvalue weighted by Crippen LogP contribution is -2.43. The highest BCUT2D eigenvalue weighted by Gasteiger charge is 2.36. The van der Waals surface area contributed by atoms with Crippen molar-refractivity contribution in [1.29, 1.82) is 0 Å². The molecule has 7 heteroatoms. The summed E-state index contributed by atoms with van der Waals surface area (Å²) in [5, 5.41) is 7.95. The van der Waals surface area contributed by atoms with Gasteiger partial charge in [-0.15, -0.1) is 0 Å². The summed E-state index contributed by atoms with van der Waals surface area (Å²) in [6.45, 7) is 10.9. The van der Waals surface area contributed by atoms with Crippen LogP contribution < -0.4 is 5.32 Å². The average molecular weight is 440 g/mol. The molecular weight excluding hydrogens is 402 g/mol. The zero-order valence-electron chi connectivity index (χ0n) is 20.2. The van der Waals surface area contributed by atoms with Crippen molar-refractivity contribution in [2.24, 2.45) is 5.92 Å². The van der Waals surface area contributed by atoms with Gasteiger partial charge < -0.3 is 10.2 Å². The van der Waals surface area contributed by atoms with Gasteiger partial charge in [0.2, 0.25) is 11.8 Å². The van der Waals surface area contributed by atoms with Crippen LogP contribution in [0.2, 0.25) is 0 Å². The maximum Gasteiger partial charge on any atom is 0.226 e. The molecule has 2 amide bonds. The van der Waals surface area contributed by atoms with Crippen LogP contribution in [0.15, 0.2) is 6.07 Å². The highest BCUT2D eigenvalue weighted by atomic mass is 16.2. The molecule has 0 bridgehead atoms. The molecular formula is C25H37N5O2. The number of nitrogens with one attached hydrogen (secondary N) is 1. The minimum absolute atomic E-state index is 0.0410. The van der Waals surface area contributed by atoms with Crippen LogP contribution in [0.1, 0.15) is 94.4 Å². The predicted molar refractivity (Wildman–Crippen MR) is 124 cm³/mol. The molecule has 1 N–H and O–H groups in total. The molecule has 1 saturated carbocycles. The Hall–Kier alpha value is -2.44. The monoisotopic (exact) mass is 439 g/mol. The van der Waals surface area contributed by atoms with Gasteiger partial charge in [-0.1, -0.05) is 6.42 Å². The Morgan fingerprint density at radius 3 is 2.53 bits per heavy atom. The molecule has 4 rings (SSSR count). The number of amides is 2. The number of hydrogen-bond acceptors (Lipinski definition) is 4. The molecule has 0 radical (unpaired) electrons. The summed E-state index contributed by atoms with van der Waals surface area (Å²) >= 11 is 0. The molecule has 7 nitrogen and oxygen atoms in total. The van der Waals surface area contributed by atoms with Crippen LogP contribution >= 0.6 is 0 Å². The highest BCUT2D eigenvalue weighted by Crippen LogP contribution is 2.36. The van der Waals surface area contributed by atoms with E-state index >= 15 is 0 Å². The van der Waals surface area contributed by atoms with Gasteiger partial charge in [0.05, 0.1) is 11.7 Å². The number of aromatic nitrogens is 3. The molecule has 0 aromatic carbocycles. The number of rotatable bonds is 5. The number of carbonyl (C=O) groups is 2. The fourth-order valence-corrected chi connectivity index (χ4v) is 4.98. The van der Waals surface area contributed by atoms with Gasteiger partial charge in [-0.3, -0.25) is 9.59 Å². The standard InChI is InChI=1S/C25H37N5O2/c1-16-19(12-13-23(31)27-25(3,4)5)17(2)30-22(26-16)15-20(28-30)21-11-6-7-14-29(21)24(32)18-9-8-10-18/h15,18,21H,6-14H2,1-5H3,(H,27,31)/t21-/m1/s1. The molecule has 174 valence electrons. The smallest absolute Gasteiger partial charge is 0.226 e. The molecule has 1 atom stereocenters. The van der Waals surface area contributed by atoms with Crippen molar-refractivity contribution in [3.05, 3.63) is 28.7 Å². The third-order valence-corrected chi connectivity index (χ3v) is 6.88. The van der Waals surface area contributed by atoms with Crippen LogP contribution in [0.4, 0.5) is 0 Å². The minimum Gasteiger partial charge on any atom is -0.351 e. The summed E-state index contributed by atoms with van der Waals surface area (Å²) < 4.78 is 1.90. The lowest BCUT2D eigenvalue weighted by molar-refractivity contribution is -0.142. The highest BCUT2D eigenvalue weighted by molar-refractivity contribution is 5.80. The molecule has 2 aliphatic rings. The Morgan fingerprint density at radius 2 is 1.88 bits per heavy atom. The zero-order chi connectivity index (χ0) is 23.0. The van der Waals surface area contributed by atoms with Crippen molar-refractivity contribution >= 4 is 17.5 Å². The number of nitrogens with zero attached hydrogens (tertiary/aromatic N) is 4. The van der Waals surface area contributed by atoms with Gasteiger partial charge >= 0.3 is 0 Å². The molecule has 1 saturated heterocycles. The molecule has 2 aromatic heterocycles. The third-order valence-electron chi connectivity index (χ3n) is 6.88. The second-order valence-electron chi connectivity index (χ2n) is 10.6. The summed E-state index contributed by atoms with van der Waals surface area (Å²) in [7, 11) is 0. The molecule has 3 heterocycles. The maximum absolute atomic E-state index is 13.0. The van der Waals surface area contributed by atoms with E-state index in [-0.39, 0.29) is 23.4 Å². The lowest BCUT2D eigenvalue weighted by Gasteiger charge is -2.39. The fourth-order valence-electron chi connectivity index (χ4n) is 4.98. The van der Waals surface area contributed by atoms with E-state index in [2.05, 4.69) is 10.2 Å². The zero-order valence-corrected chi connectivity index (χ0v) is 20.2. The van der Waals surface area contributed by atoms with Crippen molar-refractivity contribution in [3.63, 3.8) is 0 Å². The van der Waals surface area contributed by atoms with E-state index in [4.69, 9.17) is 10.1 Å². The largest absolute Gasteiger partial charge is 0.351 e. The Kier molecular flexibility index (Phi) is 6.28. The van der Waals surface area contributed by atoms with Gasteiger partial charge in [0.25, 0.3) is 0 Å². The predicted octanol–water partition coefficient (Wildman–Crippen LogP) is 4.05. The second-order valence-corrected chi connectivity index (χ2v) is 10.6. The summed E-state index contributed by atoms with van der Waals surface area (Å²) in [6.07, 6.45) is 7.42. The number of aryl methyl sites for hydroxylation is 2. The van der Waals surface area contributed by atoms with Crippen molar-refractivity contribution in [2.75, 3.05) is 6.54 Å². The summed E-state index contributed by atoms with van der Waals surface area (Å²) in [4.78, 5) is 32.2. The van der Waals surface area contributed by atoms with E-state index in [9.17, 15) is 9.59 Å². The first-order chi connectivity index (χ1) is 15.1. The van der Waals surface area contributed by atoms with Crippen LogP contribution in [0.5, 0.6) is 0 Å². The van der Waals surface area contributed by atoms with Crippen LogP contribution in [-0.2, 0) is 16.0 Å². The Morgan fingerprint density at radius 1 is 1.12 bits per heavy atom. The molecule has 32 heavy (non-hydrogen) atoms. The van der Waals surface area contributed by atoms with E-state index in [0.29, 0.717) is 18.7 Å². The van der Waals surface area contributed by atoms with Gasteiger partial charge in [0.1, 0.15) is 0 Å². The normalized spacial score (nSPS) is 19.8. The van der Waals surface area contributed by atoms with E-state index in [1.165, 1.54) is 6.42 Å². The Labute approximate surface area is 191 Å². The number of fused-ring (bicyclic) bond motifs is 1. The first-order valence-electron chi connectivity index (χ1n) is 12.1. The van der Waals surface area contributed by atoms with Crippen molar-refractivity contribution < 1.29 is 9.59 Å². The molecule has 2 fully saturated rings. The average Bonchev–Trinajstić information content (AvgIpc) is 3.09. The van der Waals surface area contributed by atoms with Gasteiger partial charge in [-0.05, 0) is 78.7 Å². The van der Waals surface area contributed by atoms with Gasteiger partial charge in [0, 0.05) is 41.9 Å². The third kappa shape index (κ3) is 4.66. The van der Waals surface area contributed by atoms with Crippen LogP contribution in [-0.4, -0.2) is 43.4 Å². The first-order valence-corrected chi connectivity index (χ1v) is 12.1. The Balaban J connectivity index is 1.57. The fraction of sp³-hybridized carbons (Fsp3) is 0.680. The first kappa shape index (κ1) is 22.7. The minimum atomic E-state index is -0.233. The Bertz CT molecular complexity index is 1020. The quantitative estimate of drug-likeness (QED) is 0.762.